The van der Waals surface area contributed by atoms with E-state index in [0.717, 1.165) is 10.5 Å². The van der Waals surface area contributed by atoms with Gasteiger partial charge in [-0.2, -0.15) is 0 Å². The van der Waals surface area contributed by atoms with Crippen LogP contribution in [0.3, 0.4) is 0 Å². The van der Waals surface area contributed by atoms with Gasteiger partial charge in [0.2, 0.25) is 0 Å². The molecule has 0 saturated carbocycles. The molecular weight excluding hydrogens is 496 g/mol. The predicted molar refractivity (Wildman–Crippen MR) is 137 cm³/mol. The number of nitrogens with one attached hydrogen (secondary N) is 1. The number of amides is 3. The molecule has 37 heavy (non-hydrogen) atoms. The SMILES string of the molecule is COc1cc(CNC(=O)[C@@]2(Cc3ccc(Cl)cc3)OC(=O)N([C@H](C)c3ccccc3)C2=O)cc(OC)c1. The molecule has 0 bridgehead atoms. The van der Waals surface area contributed by atoms with Gasteiger partial charge in [-0.05, 0) is 47.9 Å². The predicted octanol–water partition coefficient (Wildman–Crippen LogP) is 4.69. The zero-order valence-electron chi connectivity index (χ0n) is 20.7. The maximum atomic E-state index is 13.8. The van der Waals surface area contributed by atoms with Crippen molar-refractivity contribution in [1.29, 1.82) is 0 Å². The van der Waals surface area contributed by atoms with E-state index in [0.29, 0.717) is 27.6 Å². The van der Waals surface area contributed by atoms with Crippen molar-refractivity contribution in [1.82, 2.24) is 10.2 Å². The molecule has 0 spiro atoms. The molecule has 0 aliphatic carbocycles. The third kappa shape index (κ3) is 5.39. The lowest BCUT2D eigenvalue weighted by molar-refractivity contribution is -0.150. The van der Waals surface area contributed by atoms with Crippen LogP contribution in [0.2, 0.25) is 5.02 Å². The number of hydrogen-bond donors (Lipinski definition) is 1. The van der Waals surface area contributed by atoms with Crippen LogP contribution < -0.4 is 14.8 Å². The Hall–Kier alpha value is -4.04. The Bertz CT molecular complexity index is 1280. The number of carbonyl (C=O) groups excluding carboxylic acids is 3. The van der Waals surface area contributed by atoms with Crippen molar-refractivity contribution in [3.8, 4) is 11.5 Å². The molecule has 8 nitrogen and oxygen atoms in total. The molecular formula is C28H27ClN2O6. The van der Waals surface area contributed by atoms with Crippen LogP contribution in [0.4, 0.5) is 4.79 Å². The quantitative estimate of drug-likeness (QED) is 0.410. The van der Waals surface area contributed by atoms with Crippen molar-refractivity contribution in [3.05, 3.63) is 94.5 Å². The molecule has 9 heteroatoms. The van der Waals surface area contributed by atoms with E-state index in [-0.39, 0.29) is 13.0 Å². The fraction of sp³-hybridized carbons (Fsp3) is 0.250. The van der Waals surface area contributed by atoms with Gasteiger partial charge in [0.15, 0.2) is 0 Å². The van der Waals surface area contributed by atoms with Crippen molar-refractivity contribution in [2.45, 2.75) is 31.5 Å². The summed E-state index contributed by atoms with van der Waals surface area (Å²) < 4.78 is 16.2. The van der Waals surface area contributed by atoms with Crippen LogP contribution in [0.1, 0.15) is 29.7 Å². The summed E-state index contributed by atoms with van der Waals surface area (Å²) in [6.07, 6.45) is -1.03. The molecule has 0 unspecified atom stereocenters. The van der Waals surface area contributed by atoms with Gasteiger partial charge in [0.25, 0.3) is 17.4 Å². The highest BCUT2D eigenvalue weighted by molar-refractivity contribution is 6.30. The minimum Gasteiger partial charge on any atom is -0.497 e. The zero-order valence-corrected chi connectivity index (χ0v) is 21.5. The van der Waals surface area contributed by atoms with Crippen molar-refractivity contribution < 1.29 is 28.6 Å². The largest absolute Gasteiger partial charge is 0.497 e. The highest BCUT2D eigenvalue weighted by atomic mass is 35.5. The van der Waals surface area contributed by atoms with Crippen molar-refractivity contribution >= 4 is 29.5 Å². The topological polar surface area (TPSA) is 94.2 Å². The van der Waals surface area contributed by atoms with Crippen LogP contribution in [-0.4, -0.2) is 42.6 Å². The number of rotatable bonds is 9. The van der Waals surface area contributed by atoms with E-state index in [1.54, 1.807) is 61.5 Å². The summed E-state index contributed by atoms with van der Waals surface area (Å²) in [5, 5.41) is 3.27. The van der Waals surface area contributed by atoms with E-state index >= 15 is 0 Å². The lowest BCUT2D eigenvalue weighted by Crippen LogP contribution is -2.55. The fourth-order valence-corrected chi connectivity index (χ4v) is 4.38. The Kier molecular flexibility index (Phi) is 7.69. The van der Waals surface area contributed by atoms with Crippen LogP contribution in [0.5, 0.6) is 11.5 Å². The second-order valence-electron chi connectivity index (χ2n) is 8.66. The molecule has 1 saturated heterocycles. The summed E-state index contributed by atoms with van der Waals surface area (Å²) >= 11 is 6.02. The number of cyclic esters (lactones) is 1. The number of imide groups is 1. The molecule has 0 aromatic heterocycles. The van der Waals surface area contributed by atoms with Gasteiger partial charge in [0, 0.05) is 24.1 Å². The van der Waals surface area contributed by atoms with Gasteiger partial charge in [0.05, 0.1) is 20.3 Å². The molecule has 192 valence electrons. The average Bonchev–Trinajstić information content (AvgIpc) is 3.17. The second-order valence-corrected chi connectivity index (χ2v) is 9.10. The normalized spacial score (nSPS) is 17.8. The first-order chi connectivity index (χ1) is 17.8. The zero-order chi connectivity index (χ0) is 26.6. The molecule has 1 aliphatic rings. The van der Waals surface area contributed by atoms with Crippen LogP contribution in [0, 0.1) is 0 Å². The first-order valence-electron chi connectivity index (χ1n) is 11.6. The van der Waals surface area contributed by atoms with E-state index in [2.05, 4.69) is 5.32 Å². The molecule has 3 aromatic rings. The van der Waals surface area contributed by atoms with E-state index < -0.39 is 29.6 Å². The molecule has 0 radical (unpaired) electrons. The van der Waals surface area contributed by atoms with Gasteiger partial charge in [-0.1, -0.05) is 54.1 Å². The summed E-state index contributed by atoms with van der Waals surface area (Å²) in [4.78, 5) is 41.5. The number of benzene rings is 3. The van der Waals surface area contributed by atoms with Crippen LogP contribution in [-0.2, 0) is 27.3 Å². The Morgan fingerprint density at radius 1 is 0.973 bits per heavy atom. The third-order valence-electron chi connectivity index (χ3n) is 6.29. The smallest absolute Gasteiger partial charge is 0.418 e. The van der Waals surface area contributed by atoms with E-state index in [1.165, 1.54) is 14.2 Å². The van der Waals surface area contributed by atoms with Gasteiger partial charge in [0.1, 0.15) is 11.5 Å². The fourth-order valence-electron chi connectivity index (χ4n) is 4.25. The third-order valence-corrected chi connectivity index (χ3v) is 6.54. The maximum Gasteiger partial charge on any atom is 0.418 e. The molecule has 1 fully saturated rings. The van der Waals surface area contributed by atoms with Crippen molar-refractivity contribution in [3.63, 3.8) is 0 Å². The number of halogens is 1. The van der Waals surface area contributed by atoms with E-state index in [9.17, 15) is 14.4 Å². The van der Waals surface area contributed by atoms with Gasteiger partial charge >= 0.3 is 6.09 Å². The van der Waals surface area contributed by atoms with Gasteiger partial charge in [-0.3, -0.25) is 9.59 Å². The van der Waals surface area contributed by atoms with Crippen LogP contribution >= 0.6 is 11.6 Å². The Morgan fingerprint density at radius 2 is 1.59 bits per heavy atom. The summed E-state index contributed by atoms with van der Waals surface area (Å²) in [6, 6.07) is 20.3. The van der Waals surface area contributed by atoms with E-state index in [1.807, 2.05) is 18.2 Å². The Balaban J connectivity index is 1.65. The molecule has 1 aliphatic heterocycles. The molecule has 3 aromatic carbocycles. The first kappa shape index (κ1) is 26.0. The molecule has 1 heterocycles. The number of methoxy groups -OCH3 is 2. The lowest BCUT2D eigenvalue weighted by atomic mass is 9.91. The minimum absolute atomic E-state index is 0.0494. The number of hydrogen-bond acceptors (Lipinski definition) is 6. The van der Waals surface area contributed by atoms with Gasteiger partial charge in [-0.25, -0.2) is 9.69 Å². The highest BCUT2D eigenvalue weighted by Crippen LogP contribution is 2.35. The number of ether oxygens (including phenoxy) is 3. The van der Waals surface area contributed by atoms with Crippen LogP contribution in [0.25, 0.3) is 0 Å². The minimum atomic E-state index is -2.09. The van der Waals surface area contributed by atoms with Crippen molar-refractivity contribution in [2.24, 2.45) is 0 Å². The Morgan fingerprint density at radius 3 is 2.19 bits per heavy atom. The standard InChI is InChI=1S/C28H27ClN2O6/c1-18(21-7-5-4-6-8-21)31-26(33)28(37-27(31)34,16-19-9-11-22(29)12-10-19)25(32)30-17-20-13-23(35-2)15-24(14-20)36-3/h4-15,18H,16-17H2,1-3H3,(H,30,32)/t18-,28-/m1/s1. The summed E-state index contributed by atoms with van der Waals surface area (Å²) in [5.74, 6) is -0.369. The maximum absolute atomic E-state index is 13.8. The van der Waals surface area contributed by atoms with Crippen molar-refractivity contribution in [2.75, 3.05) is 14.2 Å². The monoisotopic (exact) mass is 522 g/mol. The van der Waals surface area contributed by atoms with E-state index in [4.69, 9.17) is 25.8 Å². The molecule has 3 amide bonds. The summed E-state index contributed by atoms with van der Waals surface area (Å²) in [5.41, 5.74) is -0.0638. The first-order valence-corrected chi connectivity index (χ1v) is 12.0. The second kappa shape index (κ2) is 10.9. The molecule has 4 rings (SSSR count). The average molecular weight is 523 g/mol. The lowest BCUT2D eigenvalue weighted by Gasteiger charge is -2.26. The highest BCUT2D eigenvalue weighted by Gasteiger charge is 2.60. The molecule has 1 N–H and O–H groups in total. The summed E-state index contributed by atoms with van der Waals surface area (Å²) in [7, 11) is 3.05. The number of carbonyl (C=O) groups is 3. The van der Waals surface area contributed by atoms with Crippen LogP contribution in [0.15, 0.2) is 72.8 Å². The van der Waals surface area contributed by atoms with Gasteiger partial charge in [-0.15, -0.1) is 0 Å². The Labute approximate surface area is 220 Å². The summed E-state index contributed by atoms with van der Waals surface area (Å²) in [6.45, 7) is 1.77. The number of nitrogens with zero attached hydrogens (tertiary/aromatic N) is 1. The van der Waals surface area contributed by atoms with Gasteiger partial charge < -0.3 is 19.5 Å². The molecule has 2 atom stereocenters.